The summed E-state index contributed by atoms with van der Waals surface area (Å²) in [5.74, 6) is 0. The molecule has 0 saturated heterocycles. The van der Waals surface area contributed by atoms with Crippen molar-refractivity contribution in [2.24, 2.45) is 0 Å². The second-order valence-electron chi connectivity index (χ2n) is 5.06. The van der Waals surface area contributed by atoms with Gasteiger partial charge in [-0.15, -0.1) is 0 Å². The lowest BCUT2D eigenvalue weighted by Crippen LogP contribution is -2.26. The van der Waals surface area contributed by atoms with E-state index in [4.69, 9.17) is 4.43 Å². The number of halogens is 1. The second kappa shape index (κ2) is 6.75. The van der Waals surface area contributed by atoms with Crippen molar-refractivity contribution in [3.8, 4) is 0 Å². The largest absolute Gasteiger partial charge is 0.417 e. The van der Waals surface area contributed by atoms with Crippen LogP contribution in [0.3, 0.4) is 0 Å². The molecule has 0 aliphatic rings. The fourth-order valence-corrected chi connectivity index (χ4v) is 2.77. The molecule has 2 nitrogen and oxygen atoms in total. The third-order valence-corrected chi connectivity index (χ3v) is 4.33. The van der Waals surface area contributed by atoms with E-state index in [0.29, 0.717) is 0 Å². The zero-order chi connectivity index (χ0) is 12.9. The lowest BCUT2D eigenvalue weighted by atomic mass is 10.1. The zero-order valence-corrected chi connectivity index (χ0v) is 14.3. The average molecular weight is 363 g/mol. The summed E-state index contributed by atoms with van der Waals surface area (Å²) in [6.07, 6.45) is 1.000. The van der Waals surface area contributed by atoms with E-state index in [1.54, 1.807) is 0 Å². The quantitative estimate of drug-likeness (QED) is 0.607. The Labute approximate surface area is 119 Å². The molecule has 17 heavy (non-hydrogen) atoms. The SMILES string of the molecule is CCNc1cc(CCO[Si](C)(C)C)ccc1I. The van der Waals surface area contributed by atoms with E-state index in [0.717, 1.165) is 19.6 Å². The maximum absolute atomic E-state index is 5.88. The summed E-state index contributed by atoms with van der Waals surface area (Å²) in [6.45, 7) is 10.6. The first-order valence-electron chi connectivity index (χ1n) is 6.08. The Kier molecular flexibility index (Phi) is 5.95. The highest BCUT2D eigenvalue weighted by molar-refractivity contribution is 14.1. The molecule has 0 unspecified atom stereocenters. The predicted octanol–water partition coefficient (Wildman–Crippen LogP) is 4.12. The van der Waals surface area contributed by atoms with Gasteiger partial charge in [-0.25, -0.2) is 0 Å². The molecule has 0 heterocycles. The Hall–Kier alpha value is -0.0731. The molecule has 0 fully saturated rings. The summed E-state index contributed by atoms with van der Waals surface area (Å²) in [5, 5.41) is 3.38. The summed E-state index contributed by atoms with van der Waals surface area (Å²) >= 11 is 2.36. The average Bonchev–Trinajstić information content (AvgIpc) is 2.21. The summed E-state index contributed by atoms with van der Waals surface area (Å²) in [4.78, 5) is 0. The molecule has 0 radical (unpaired) electrons. The Morgan fingerprint density at radius 3 is 2.59 bits per heavy atom. The molecule has 4 heteroatoms. The fourth-order valence-electron chi connectivity index (χ4n) is 1.53. The van der Waals surface area contributed by atoms with Crippen LogP contribution >= 0.6 is 22.6 Å². The molecule has 0 amide bonds. The lowest BCUT2D eigenvalue weighted by molar-refractivity contribution is 0.316. The van der Waals surface area contributed by atoms with Crippen LogP contribution in [0.2, 0.25) is 19.6 Å². The van der Waals surface area contributed by atoms with E-state index in [2.05, 4.69) is 72.7 Å². The van der Waals surface area contributed by atoms with Gasteiger partial charge in [0, 0.05) is 22.4 Å². The van der Waals surface area contributed by atoms with Crippen molar-refractivity contribution in [1.29, 1.82) is 0 Å². The minimum Gasteiger partial charge on any atom is -0.417 e. The van der Waals surface area contributed by atoms with Gasteiger partial charge in [-0.3, -0.25) is 0 Å². The maximum Gasteiger partial charge on any atom is 0.183 e. The second-order valence-corrected chi connectivity index (χ2v) is 10.7. The van der Waals surface area contributed by atoms with Crippen LogP contribution in [0.1, 0.15) is 12.5 Å². The Morgan fingerprint density at radius 1 is 1.29 bits per heavy atom. The number of anilines is 1. The van der Waals surface area contributed by atoms with Crippen molar-refractivity contribution in [3.05, 3.63) is 27.3 Å². The molecular formula is C13H22INOSi. The Bertz CT molecular complexity index is 363. The molecule has 0 aromatic heterocycles. The fraction of sp³-hybridized carbons (Fsp3) is 0.538. The van der Waals surface area contributed by atoms with Crippen molar-refractivity contribution in [2.45, 2.75) is 33.0 Å². The van der Waals surface area contributed by atoms with E-state index in [-0.39, 0.29) is 0 Å². The third kappa shape index (κ3) is 5.88. The number of nitrogens with one attached hydrogen (secondary N) is 1. The van der Waals surface area contributed by atoms with Gasteiger partial charge in [0.2, 0.25) is 0 Å². The molecule has 96 valence electrons. The molecular weight excluding hydrogens is 341 g/mol. The number of hydrogen-bond acceptors (Lipinski definition) is 2. The van der Waals surface area contributed by atoms with E-state index in [9.17, 15) is 0 Å². The normalized spacial score (nSPS) is 11.6. The Morgan fingerprint density at radius 2 is 2.00 bits per heavy atom. The Balaban J connectivity index is 2.57. The van der Waals surface area contributed by atoms with E-state index in [1.165, 1.54) is 14.8 Å². The van der Waals surface area contributed by atoms with Gasteiger partial charge < -0.3 is 9.74 Å². The molecule has 0 aliphatic carbocycles. The molecule has 1 aromatic rings. The molecule has 0 spiro atoms. The zero-order valence-electron chi connectivity index (χ0n) is 11.1. The summed E-state index contributed by atoms with van der Waals surface area (Å²) < 4.78 is 7.16. The number of benzene rings is 1. The molecule has 0 saturated carbocycles. The summed E-state index contributed by atoms with van der Waals surface area (Å²) in [6, 6.07) is 6.59. The third-order valence-electron chi connectivity index (χ3n) is 2.32. The topological polar surface area (TPSA) is 21.3 Å². The van der Waals surface area contributed by atoms with Gasteiger partial charge in [0.15, 0.2) is 8.32 Å². The highest BCUT2D eigenvalue weighted by Crippen LogP contribution is 2.20. The van der Waals surface area contributed by atoms with Crippen LogP contribution in [0, 0.1) is 3.57 Å². The first-order chi connectivity index (χ1) is 7.92. The number of rotatable bonds is 6. The van der Waals surface area contributed by atoms with Crippen molar-refractivity contribution in [3.63, 3.8) is 0 Å². The van der Waals surface area contributed by atoms with Gasteiger partial charge in [0.1, 0.15) is 0 Å². The van der Waals surface area contributed by atoms with E-state index in [1.807, 2.05) is 0 Å². The van der Waals surface area contributed by atoms with Gasteiger partial charge >= 0.3 is 0 Å². The molecule has 0 atom stereocenters. The molecule has 1 rings (SSSR count). The van der Waals surface area contributed by atoms with Crippen LogP contribution in [-0.4, -0.2) is 21.5 Å². The van der Waals surface area contributed by atoms with Gasteiger partial charge in [0.05, 0.1) is 0 Å². The standard InChI is InChI=1S/C13H22INOSi/c1-5-15-13-10-11(6-7-12(13)14)8-9-16-17(2,3)4/h6-7,10,15H,5,8-9H2,1-4H3. The predicted molar refractivity (Wildman–Crippen MR) is 86.3 cm³/mol. The molecule has 1 N–H and O–H groups in total. The first-order valence-corrected chi connectivity index (χ1v) is 10.6. The lowest BCUT2D eigenvalue weighted by Gasteiger charge is -2.17. The van der Waals surface area contributed by atoms with Crippen molar-refractivity contribution < 1.29 is 4.43 Å². The monoisotopic (exact) mass is 363 g/mol. The molecule has 1 aromatic carbocycles. The highest BCUT2D eigenvalue weighted by Gasteiger charge is 2.13. The van der Waals surface area contributed by atoms with Crippen molar-refractivity contribution in [2.75, 3.05) is 18.5 Å². The summed E-state index contributed by atoms with van der Waals surface area (Å²) in [7, 11) is -1.37. The number of hydrogen-bond donors (Lipinski definition) is 1. The molecule has 0 aliphatic heterocycles. The van der Waals surface area contributed by atoms with Crippen LogP contribution in [0.5, 0.6) is 0 Å². The van der Waals surface area contributed by atoms with Crippen LogP contribution in [0.4, 0.5) is 5.69 Å². The van der Waals surface area contributed by atoms with Crippen LogP contribution in [0.15, 0.2) is 18.2 Å². The van der Waals surface area contributed by atoms with Gasteiger partial charge in [0.25, 0.3) is 0 Å². The van der Waals surface area contributed by atoms with Crippen LogP contribution < -0.4 is 5.32 Å². The van der Waals surface area contributed by atoms with E-state index >= 15 is 0 Å². The van der Waals surface area contributed by atoms with Crippen LogP contribution in [-0.2, 0) is 10.8 Å². The van der Waals surface area contributed by atoms with Gasteiger partial charge in [-0.05, 0) is 73.3 Å². The van der Waals surface area contributed by atoms with Crippen LogP contribution in [0.25, 0.3) is 0 Å². The van der Waals surface area contributed by atoms with Gasteiger partial charge in [-0.2, -0.15) is 0 Å². The van der Waals surface area contributed by atoms with Gasteiger partial charge in [-0.1, -0.05) is 6.07 Å². The first kappa shape index (κ1) is 15.0. The molecule has 0 bridgehead atoms. The van der Waals surface area contributed by atoms with Crippen molar-refractivity contribution >= 4 is 36.6 Å². The summed E-state index contributed by atoms with van der Waals surface area (Å²) in [5.41, 5.74) is 2.58. The van der Waals surface area contributed by atoms with Crippen molar-refractivity contribution in [1.82, 2.24) is 0 Å². The minimum absolute atomic E-state index is 0.835. The maximum atomic E-state index is 5.88. The highest BCUT2D eigenvalue weighted by atomic mass is 127. The minimum atomic E-state index is -1.37. The van der Waals surface area contributed by atoms with E-state index < -0.39 is 8.32 Å². The smallest absolute Gasteiger partial charge is 0.183 e.